The van der Waals surface area contributed by atoms with Crippen LogP contribution in [0.4, 0.5) is 0 Å². The van der Waals surface area contributed by atoms with Gasteiger partial charge in [0.2, 0.25) is 57.0 Å². The summed E-state index contributed by atoms with van der Waals surface area (Å²) in [4.78, 5) is 22.6. The number of hydrogen-bond acceptors (Lipinski definition) is 10. The molecule has 0 spiro atoms. The summed E-state index contributed by atoms with van der Waals surface area (Å²) in [5.41, 5.74) is 37.1. The molecule has 0 aliphatic carbocycles. The second-order valence-corrected chi connectivity index (χ2v) is 32.1. The lowest BCUT2D eigenvalue weighted by molar-refractivity contribution is -0.660. The molecule has 117 heavy (non-hydrogen) atoms. The molecular weight excluding hydrogens is 1450 g/mol. The summed E-state index contributed by atoms with van der Waals surface area (Å²) in [5, 5.41) is 11.0. The molecule has 0 N–H and O–H groups in total. The van der Waals surface area contributed by atoms with Gasteiger partial charge < -0.3 is 22.1 Å². The molecule has 15 heteroatoms. The van der Waals surface area contributed by atoms with E-state index >= 15 is 0 Å². The molecule has 0 aliphatic rings. The summed E-state index contributed by atoms with van der Waals surface area (Å²) in [6, 6.07) is 61.5. The van der Waals surface area contributed by atoms with Gasteiger partial charge in [0.05, 0.1) is 27.8 Å². The average molecular weight is 1540 g/mol. The van der Waals surface area contributed by atoms with Crippen LogP contribution in [0.25, 0.3) is 167 Å². The van der Waals surface area contributed by atoms with Gasteiger partial charge in [-0.05, 0) is 226 Å². The van der Waals surface area contributed by atoms with Crippen LogP contribution in [0, 0.1) is 96.9 Å². The van der Waals surface area contributed by atoms with Gasteiger partial charge in [0, 0.05) is 142 Å². The first kappa shape index (κ1) is 77.5. The maximum Gasteiger partial charge on any atom is 0.227 e. The molecule has 15 aromatic heterocycles. The van der Waals surface area contributed by atoms with E-state index in [1.807, 2.05) is 64.1 Å². The molecule has 0 aliphatic heterocycles. The van der Waals surface area contributed by atoms with Gasteiger partial charge in [0.25, 0.3) is 0 Å². The Hall–Kier alpha value is -13.4. The third kappa shape index (κ3) is 14.5. The fraction of sp³-hybridized carbons (Fsp3) is 0.216. The lowest BCUT2D eigenvalue weighted by atomic mass is 9.97. The molecule has 0 fully saturated rings. The fourth-order valence-electron chi connectivity index (χ4n) is 16.5. The predicted molar refractivity (Wildman–Crippen MR) is 471 cm³/mol. The predicted octanol–water partition coefficient (Wildman–Crippen LogP) is 22.8. The van der Waals surface area contributed by atoms with E-state index < -0.39 is 0 Å². The van der Waals surface area contributed by atoms with Crippen molar-refractivity contribution in [2.45, 2.75) is 117 Å². The second-order valence-electron chi connectivity index (χ2n) is 32.1. The van der Waals surface area contributed by atoms with Crippen LogP contribution in [0.5, 0.6) is 0 Å². The van der Waals surface area contributed by atoms with E-state index in [4.69, 9.17) is 22.1 Å². The van der Waals surface area contributed by atoms with Crippen molar-refractivity contribution in [2.75, 3.05) is 0 Å². The molecule has 0 unspecified atom stereocenters. The van der Waals surface area contributed by atoms with Gasteiger partial charge in [0.15, 0.2) is 58.9 Å². The summed E-state index contributed by atoms with van der Waals surface area (Å²) in [7, 11) is 10.4. The third-order valence-electron chi connectivity index (χ3n) is 22.8. The quantitative estimate of drug-likeness (QED) is 0.147. The van der Waals surface area contributed by atoms with Crippen molar-refractivity contribution in [3.8, 4) is 56.3 Å². The Balaban J connectivity index is 0.000000110. The van der Waals surface area contributed by atoms with E-state index in [1.165, 1.54) is 72.3 Å². The highest BCUT2D eigenvalue weighted by molar-refractivity contribution is 6.13. The molecule has 15 heterocycles. The van der Waals surface area contributed by atoms with Crippen LogP contribution in [0.1, 0.15) is 104 Å². The molecule has 20 aromatic rings. The van der Waals surface area contributed by atoms with Crippen LogP contribution >= 0.6 is 0 Å². The first-order valence-electron chi connectivity index (χ1n) is 40.0. The molecule has 20 rings (SSSR count). The number of rotatable bonds is 6. The van der Waals surface area contributed by atoms with E-state index in [0.717, 1.165) is 155 Å². The van der Waals surface area contributed by atoms with E-state index in [0.29, 0.717) is 28.8 Å². The zero-order chi connectivity index (χ0) is 82.3. The summed E-state index contributed by atoms with van der Waals surface area (Å²) in [6.45, 7) is 33.7. The molecule has 0 bridgehead atoms. The van der Waals surface area contributed by atoms with Crippen molar-refractivity contribution >= 4 is 110 Å². The highest BCUT2D eigenvalue weighted by atomic mass is 16.4. The first-order chi connectivity index (χ1) is 56.2. The van der Waals surface area contributed by atoms with E-state index in [9.17, 15) is 0 Å². The second kappa shape index (κ2) is 31.1. The van der Waals surface area contributed by atoms with Crippen LogP contribution in [-0.2, 0) is 35.2 Å². The molecule has 0 atom stereocenters. The van der Waals surface area contributed by atoms with Gasteiger partial charge in [-0.1, -0.05) is 68.4 Å². The van der Waals surface area contributed by atoms with Gasteiger partial charge in [-0.3, -0.25) is 0 Å². The van der Waals surface area contributed by atoms with E-state index in [-0.39, 0.29) is 0 Å². The summed E-state index contributed by atoms with van der Waals surface area (Å²) < 4.78 is 41.7. The van der Waals surface area contributed by atoms with Gasteiger partial charge in [-0.15, -0.1) is 0 Å². The summed E-state index contributed by atoms with van der Waals surface area (Å²) in [6.07, 6.45) is 12.4. The van der Waals surface area contributed by atoms with Crippen molar-refractivity contribution in [3.63, 3.8) is 0 Å². The van der Waals surface area contributed by atoms with Crippen molar-refractivity contribution in [1.82, 2.24) is 24.9 Å². The minimum absolute atomic E-state index is 0.488. The van der Waals surface area contributed by atoms with Gasteiger partial charge in [-0.25, -0.2) is 47.8 Å². The van der Waals surface area contributed by atoms with Crippen molar-refractivity contribution in [2.24, 2.45) is 35.2 Å². The monoisotopic (exact) mass is 1540 g/mol. The number of furan rings is 5. The smallest absolute Gasteiger partial charge is 0.227 e. The van der Waals surface area contributed by atoms with Crippen LogP contribution in [0.15, 0.2) is 235 Å². The Morgan fingerprint density at radius 3 is 1.09 bits per heavy atom. The number of aromatic nitrogens is 10. The number of hydrogen-bond donors (Lipinski definition) is 0. The number of benzene rings is 5. The maximum atomic E-state index is 6.24. The lowest BCUT2D eigenvalue weighted by Gasteiger charge is -2.09. The Morgan fingerprint density at radius 2 is 0.641 bits per heavy atom. The molecule has 0 saturated heterocycles. The van der Waals surface area contributed by atoms with Crippen LogP contribution < -0.4 is 22.8 Å². The van der Waals surface area contributed by atoms with E-state index in [1.54, 1.807) is 6.20 Å². The molecule has 582 valence electrons. The topological polar surface area (TPSA) is 150 Å². The average Bonchev–Trinajstić information content (AvgIpc) is 1.61. The third-order valence-corrected chi connectivity index (χ3v) is 22.8. The molecule has 5 aromatic carbocycles. The molecule has 0 amide bonds. The maximum absolute atomic E-state index is 6.24. The lowest BCUT2D eigenvalue weighted by Crippen LogP contribution is -2.31. The van der Waals surface area contributed by atoms with Crippen LogP contribution in [-0.4, -0.2) is 24.9 Å². The minimum atomic E-state index is 0.488. The van der Waals surface area contributed by atoms with Gasteiger partial charge in [0.1, 0.15) is 35.2 Å². The van der Waals surface area contributed by atoms with Crippen molar-refractivity contribution in [1.29, 1.82) is 0 Å². The highest BCUT2D eigenvalue weighted by Gasteiger charge is 2.28. The van der Waals surface area contributed by atoms with Crippen molar-refractivity contribution < 1.29 is 44.9 Å². The van der Waals surface area contributed by atoms with Gasteiger partial charge in [-0.2, -0.15) is 0 Å². The minimum Gasteiger partial charge on any atom is -0.437 e. The van der Waals surface area contributed by atoms with Crippen molar-refractivity contribution in [3.05, 3.63) is 297 Å². The molecule has 0 saturated carbocycles. The number of fused-ring (bicyclic) bond motifs is 15. The Morgan fingerprint density at radius 1 is 0.265 bits per heavy atom. The molecular formula is C102H99N10O5+5. The normalized spacial score (nSPS) is 11.5. The molecule has 15 nitrogen and oxygen atoms in total. The summed E-state index contributed by atoms with van der Waals surface area (Å²) in [5.74, 6) is 0.488. The van der Waals surface area contributed by atoms with E-state index in [2.05, 4.69) is 337 Å². The molecule has 0 radical (unpaired) electrons. The Kier molecular flexibility index (Phi) is 20.6. The van der Waals surface area contributed by atoms with Gasteiger partial charge >= 0.3 is 0 Å². The Labute approximate surface area is 681 Å². The zero-order valence-corrected chi connectivity index (χ0v) is 70.8. The highest BCUT2D eigenvalue weighted by Crippen LogP contribution is 2.43. The Bertz CT molecular complexity index is 7370. The first-order valence-corrected chi connectivity index (χ1v) is 40.0. The van der Waals surface area contributed by atoms with Crippen LogP contribution in [0.3, 0.4) is 0 Å². The zero-order valence-electron chi connectivity index (χ0n) is 70.8. The number of aryl methyl sites for hydroxylation is 19. The standard InChI is InChI=1S/3C21H21N2O.C20H19N2O.C19H17N2O/c1-12-6-9-17(23(5)11-12)19-14(3)10-13(2)18-16-8-7-15(4)22-21(16)24-20(18)19;1-12-6-8-16-17-9-7-15(4)22-21(17)24-20(16)19(12)18-10-13(2)14(3)11-23(18)5;1-13(2)15-9-11-23(4)18(12-15)19-14(3)7-8-16-17-6-5-10-22-21(17)24-20(16)19;1-12-5-10-17(22(4)11-12)18-13(2)6-8-15-16-9-7-14(3)21-20(16)23-19(15)18;1-12-7-9-14-15-10-8-13(2)20-19(15)22-18(14)17(12)16-6-4-5-11-21(16)3/h2*6-11H,1-5H3;5-13H,1-4H3;5-11H,1-4H3;4-11H,1-3H3/q5*+1. The number of nitrogens with zero attached hydrogens (tertiary/aromatic N) is 10. The van der Waals surface area contributed by atoms with Crippen LogP contribution in [0.2, 0.25) is 0 Å². The fourth-order valence-corrected chi connectivity index (χ4v) is 16.5. The SMILES string of the molecule is Cc1ccc(-c2c(C)cc(C)c3c2oc2nc(C)ccc23)[n+](C)c1.Cc1ccc(-c2c(C)ccc3c2oc2nc(C)ccc23)[n+](C)c1.Cc1ccc2c(n1)oc1c(-c3cc(C)c(C)c[n+]3C)c(C)ccc12.Cc1ccc2c(n1)oc1c(-c3cccc[n+]3C)c(C)ccc12.Cc1ccc2c(oc3ncccc32)c1-c1cc(C(C)C)cc[n+]1C. The summed E-state index contributed by atoms with van der Waals surface area (Å²) >= 11 is 0. The number of pyridine rings is 10. The largest absolute Gasteiger partial charge is 0.437 e.